The molecule has 56 heavy (non-hydrogen) atoms. The number of aromatic nitrogens is 2. The van der Waals surface area contributed by atoms with Crippen LogP contribution in [0.4, 0.5) is 0 Å². The molecule has 0 bridgehead atoms. The molecule has 8 rings (SSSR count). The van der Waals surface area contributed by atoms with Crippen molar-refractivity contribution in [3.63, 3.8) is 0 Å². The van der Waals surface area contributed by atoms with E-state index in [1.807, 2.05) is 6.92 Å². The smallest absolute Gasteiger partial charge is 0.316 e. The molecule has 4 saturated carbocycles. The van der Waals surface area contributed by atoms with Gasteiger partial charge in [0.05, 0.1) is 18.1 Å². The van der Waals surface area contributed by atoms with Crippen molar-refractivity contribution in [2.24, 2.45) is 50.7 Å². The lowest BCUT2D eigenvalue weighted by Crippen LogP contribution is -2.67. The van der Waals surface area contributed by atoms with Crippen molar-refractivity contribution in [3.8, 4) is 6.01 Å². The third kappa shape index (κ3) is 6.62. The average molecular weight is 791 g/mol. The molecule has 5 fully saturated rings. The summed E-state index contributed by atoms with van der Waals surface area (Å²) in [6.07, 6.45) is 23.4. The van der Waals surface area contributed by atoms with Gasteiger partial charge in [0.15, 0.2) is 9.84 Å². The van der Waals surface area contributed by atoms with Crippen LogP contribution in [0.15, 0.2) is 41.8 Å². The van der Waals surface area contributed by atoms with E-state index in [-0.39, 0.29) is 28.9 Å². The maximum Gasteiger partial charge on any atom is 0.316 e. The van der Waals surface area contributed by atoms with Gasteiger partial charge in [0.25, 0.3) is 0 Å². The van der Waals surface area contributed by atoms with Gasteiger partial charge in [-0.05, 0) is 147 Å². The summed E-state index contributed by atoms with van der Waals surface area (Å²) in [5.41, 5.74) is 3.41. The highest BCUT2D eigenvalue weighted by molar-refractivity contribution is 7.91. The third-order valence-electron chi connectivity index (χ3n) is 18.0. The number of sulfone groups is 1. The third-order valence-corrected chi connectivity index (χ3v) is 19.6. The van der Waals surface area contributed by atoms with Gasteiger partial charge in [0, 0.05) is 44.1 Å². The Morgan fingerprint density at radius 3 is 2.36 bits per heavy atom. The van der Waals surface area contributed by atoms with Gasteiger partial charge in [-0.15, -0.1) is 0 Å². The van der Waals surface area contributed by atoms with Crippen molar-refractivity contribution in [2.45, 2.75) is 131 Å². The van der Waals surface area contributed by atoms with Crippen LogP contribution in [0.1, 0.15) is 125 Å². The molecule has 2 heterocycles. The Bertz CT molecular complexity index is 1800. The molecule has 6 aliphatic carbocycles. The Hall–Kier alpha value is -2.30. The van der Waals surface area contributed by atoms with Crippen molar-refractivity contribution in [3.05, 3.63) is 41.8 Å². The van der Waals surface area contributed by atoms with Crippen molar-refractivity contribution < 1.29 is 22.7 Å². The molecule has 0 amide bonds. The maximum atomic E-state index is 13.5. The largest absolute Gasteiger partial charge is 0.465 e. The van der Waals surface area contributed by atoms with E-state index in [1.54, 1.807) is 18.5 Å². The number of hydrogen-bond donors (Lipinski definition) is 1. The standard InChI is InChI=1S/C46H70N4O5S/c1-7-54-39(51)45(32-55-40-47-24-9-25-48-40)20-13-33(14-21-45)34-15-18-42(4)37(41(34,2)3)16-19-44(6)38(42)12-11-35-36-10-8-17-46(36,23-22-43(35,44)5)49-26-27-50-28-30-56(52,53)31-29-50/h9,13,15,24-25,35-38,49H,7-8,10-12,14,16-23,26-32H2,1-6H3/t35-,36-,37?,38?,42+,43-,44-,45?,46+/m1/s1. The Labute approximate surface area is 337 Å². The molecule has 9 nitrogen and oxygen atoms in total. The molecule has 1 N–H and O–H groups in total. The number of esters is 1. The summed E-state index contributed by atoms with van der Waals surface area (Å²) in [7, 11) is -2.85. The number of fused-ring (bicyclic) bond motifs is 7. The van der Waals surface area contributed by atoms with Crippen LogP contribution in [0.5, 0.6) is 6.01 Å². The highest BCUT2D eigenvalue weighted by Crippen LogP contribution is 2.76. The van der Waals surface area contributed by atoms with Gasteiger partial charge in [-0.1, -0.05) is 53.2 Å². The van der Waals surface area contributed by atoms with Gasteiger partial charge in [-0.3, -0.25) is 4.79 Å². The number of ether oxygens (including phenoxy) is 2. The Morgan fingerprint density at radius 2 is 1.64 bits per heavy atom. The fraction of sp³-hybridized carbons (Fsp3) is 0.804. The predicted molar refractivity (Wildman–Crippen MR) is 221 cm³/mol. The summed E-state index contributed by atoms with van der Waals surface area (Å²) in [6, 6.07) is 2.06. The zero-order valence-corrected chi connectivity index (χ0v) is 36.2. The molecule has 10 heteroatoms. The van der Waals surface area contributed by atoms with Crippen LogP contribution in [0.3, 0.4) is 0 Å². The quantitative estimate of drug-likeness (QED) is 0.236. The molecule has 1 aromatic rings. The van der Waals surface area contributed by atoms with Crippen LogP contribution >= 0.6 is 0 Å². The summed E-state index contributed by atoms with van der Waals surface area (Å²) in [6.45, 7) is 18.9. The van der Waals surface area contributed by atoms with Gasteiger partial charge < -0.3 is 19.7 Å². The van der Waals surface area contributed by atoms with Crippen LogP contribution in [-0.2, 0) is 19.4 Å². The first-order valence-electron chi connectivity index (χ1n) is 22.3. The second-order valence-electron chi connectivity index (χ2n) is 20.5. The molecule has 1 aliphatic heterocycles. The van der Waals surface area contributed by atoms with Gasteiger partial charge in [0.2, 0.25) is 0 Å². The zero-order valence-electron chi connectivity index (χ0n) is 35.3. The van der Waals surface area contributed by atoms with Crippen LogP contribution in [0, 0.1) is 50.7 Å². The fourth-order valence-corrected chi connectivity index (χ4v) is 16.1. The molecule has 310 valence electrons. The Balaban J connectivity index is 0.981. The summed E-state index contributed by atoms with van der Waals surface area (Å²) in [5, 5.41) is 4.19. The molecule has 0 radical (unpaired) electrons. The summed E-state index contributed by atoms with van der Waals surface area (Å²) in [5.74, 6) is 3.27. The van der Waals surface area contributed by atoms with Crippen LogP contribution < -0.4 is 10.1 Å². The summed E-state index contributed by atoms with van der Waals surface area (Å²) < 4.78 is 35.7. The molecule has 9 atom stereocenters. The fourth-order valence-electron chi connectivity index (χ4n) is 14.8. The van der Waals surface area contributed by atoms with E-state index in [1.165, 1.54) is 68.9 Å². The molecule has 7 aliphatic rings. The lowest BCUT2D eigenvalue weighted by atomic mass is 9.33. The van der Waals surface area contributed by atoms with E-state index in [0.717, 1.165) is 37.8 Å². The number of nitrogens with zero attached hydrogens (tertiary/aromatic N) is 3. The monoisotopic (exact) mass is 791 g/mol. The molecule has 1 saturated heterocycles. The highest BCUT2D eigenvalue weighted by Gasteiger charge is 2.69. The average Bonchev–Trinajstić information content (AvgIpc) is 3.60. The number of allylic oxidation sites excluding steroid dienone is 4. The molecular formula is C46H70N4O5S. The first kappa shape index (κ1) is 40.5. The number of rotatable bonds is 10. The second kappa shape index (κ2) is 14.8. The minimum absolute atomic E-state index is 0.0475. The van der Waals surface area contributed by atoms with Crippen molar-refractivity contribution in [1.82, 2.24) is 20.2 Å². The highest BCUT2D eigenvalue weighted by atomic mass is 32.2. The van der Waals surface area contributed by atoms with Crippen molar-refractivity contribution in [2.75, 3.05) is 50.9 Å². The Morgan fingerprint density at radius 1 is 0.875 bits per heavy atom. The first-order valence-corrected chi connectivity index (χ1v) is 24.1. The lowest BCUT2D eigenvalue weighted by Gasteiger charge is -2.72. The van der Waals surface area contributed by atoms with E-state index in [2.05, 4.69) is 67.0 Å². The van der Waals surface area contributed by atoms with E-state index in [9.17, 15) is 13.2 Å². The SMILES string of the molecule is CCOC(=O)C1(COc2ncccn2)CC=C(C2=CC[C@@]3(C)C(CC[C@]4(C)C3CC[C@@H]3[C@H]5CCC[C@]5(NCCN5CCS(=O)(=O)CC5)CC[C@]34C)C2(C)C)CC1. The van der Waals surface area contributed by atoms with Crippen molar-refractivity contribution in [1.29, 1.82) is 0 Å². The number of carbonyl (C=O) groups is 1. The predicted octanol–water partition coefficient (Wildman–Crippen LogP) is 7.98. The number of hydrogen-bond acceptors (Lipinski definition) is 9. The molecule has 0 spiro atoms. The van der Waals surface area contributed by atoms with E-state index < -0.39 is 15.3 Å². The van der Waals surface area contributed by atoms with Gasteiger partial charge in [0.1, 0.15) is 12.0 Å². The van der Waals surface area contributed by atoms with Gasteiger partial charge in [-0.25, -0.2) is 18.4 Å². The summed E-state index contributed by atoms with van der Waals surface area (Å²) in [4.78, 5) is 24.3. The second-order valence-corrected chi connectivity index (χ2v) is 22.8. The topological polar surface area (TPSA) is 111 Å². The van der Waals surface area contributed by atoms with E-state index in [0.29, 0.717) is 72.7 Å². The number of carbonyl (C=O) groups excluding carboxylic acids is 1. The van der Waals surface area contributed by atoms with Crippen LogP contribution in [-0.4, -0.2) is 85.7 Å². The minimum Gasteiger partial charge on any atom is -0.465 e. The molecular weight excluding hydrogens is 721 g/mol. The Kier molecular flexibility index (Phi) is 10.7. The van der Waals surface area contributed by atoms with Gasteiger partial charge >= 0.3 is 12.0 Å². The molecule has 1 aromatic heterocycles. The summed E-state index contributed by atoms with van der Waals surface area (Å²) >= 11 is 0. The lowest BCUT2D eigenvalue weighted by molar-refractivity contribution is -0.218. The van der Waals surface area contributed by atoms with E-state index >= 15 is 0 Å². The minimum atomic E-state index is -2.85. The first-order chi connectivity index (χ1) is 26.6. The van der Waals surface area contributed by atoms with Crippen LogP contribution in [0.25, 0.3) is 0 Å². The van der Waals surface area contributed by atoms with Crippen LogP contribution in [0.2, 0.25) is 0 Å². The normalized spacial score (nSPS) is 41.5. The maximum absolute atomic E-state index is 13.5. The number of nitrogens with one attached hydrogen (secondary N) is 1. The molecule has 0 aromatic carbocycles. The van der Waals surface area contributed by atoms with Crippen molar-refractivity contribution >= 4 is 15.8 Å². The zero-order chi connectivity index (χ0) is 39.6. The van der Waals surface area contributed by atoms with Gasteiger partial charge in [-0.2, -0.15) is 0 Å². The van der Waals surface area contributed by atoms with E-state index in [4.69, 9.17) is 9.47 Å². The molecule has 3 unspecified atom stereocenters.